The Hall–Kier alpha value is -1.79. The molecule has 1 aliphatic rings. The number of hydrogen-bond acceptors (Lipinski definition) is 5. The minimum Gasteiger partial charge on any atom is -0.380 e. The fraction of sp³-hybridized carbons (Fsp3) is 0.533. The van der Waals surface area contributed by atoms with Gasteiger partial charge in [0.05, 0.1) is 31.1 Å². The lowest BCUT2D eigenvalue weighted by atomic mass is 10.0. The zero-order valence-corrected chi connectivity index (χ0v) is 12.3. The lowest BCUT2D eigenvalue weighted by Crippen LogP contribution is -2.31. The summed E-state index contributed by atoms with van der Waals surface area (Å²) in [5, 5.41) is 0. The Morgan fingerprint density at radius 2 is 2.29 bits per heavy atom. The maximum atomic E-state index is 5.73. The summed E-state index contributed by atoms with van der Waals surface area (Å²) < 4.78 is 5.73. The average Bonchev–Trinajstić information content (AvgIpc) is 2.89. The van der Waals surface area contributed by atoms with E-state index in [9.17, 15) is 0 Å². The SMILES string of the molecule is Cc1cnc(C[C@H]2COCCN(Cc3ncc[nH]3)C2)cn1. The lowest BCUT2D eigenvalue weighted by Gasteiger charge is -2.22. The fourth-order valence-electron chi connectivity index (χ4n) is 2.64. The third-order valence-corrected chi connectivity index (χ3v) is 3.68. The summed E-state index contributed by atoms with van der Waals surface area (Å²) in [6.07, 6.45) is 8.26. The van der Waals surface area contributed by atoms with Crippen LogP contribution in [0.4, 0.5) is 0 Å². The first-order valence-electron chi connectivity index (χ1n) is 7.35. The van der Waals surface area contributed by atoms with Crippen LogP contribution in [-0.2, 0) is 17.7 Å². The van der Waals surface area contributed by atoms with Crippen molar-refractivity contribution >= 4 is 0 Å². The van der Waals surface area contributed by atoms with Gasteiger partial charge in [-0.05, 0) is 13.3 Å². The highest BCUT2D eigenvalue weighted by Gasteiger charge is 2.20. The summed E-state index contributed by atoms with van der Waals surface area (Å²) in [6.45, 7) is 6.29. The van der Waals surface area contributed by atoms with Crippen molar-refractivity contribution in [1.29, 1.82) is 0 Å². The Morgan fingerprint density at radius 1 is 1.33 bits per heavy atom. The van der Waals surface area contributed by atoms with Crippen LogP contribution < -0.4 is 0 Å². The summed E-state index contributed by atoms with van der Waals surface area (Å²) in [5.41, 5.74) is 1.99. The topological polar surface area (TPSA) is 66.9 Å². The third kappa shape index (κ3) is 4.09. The van der Waals surface area contributed by atoms with Gasteiger partial charge in [-0.2, -0.15) is 0 Å². The second kappa shape index (κ2) is 6.78. The van der Waals surface area contributed by atoms with Gasteiger partial charge < -0.3 is 9.72 Å². The molecule has 3 rings (SSSR count). The van der Waals surface area contributed by atoms with E-state index in [1.165, 1.54) is 0 Å². The van der Waals surface area contributed by atoms with E-state index < -0.39 is 0 Å². The summed E-state index contributed by atoms with van der Waals surface area (Å²) in [7, 11) is 0. The van der Waals surface area contributed by atoms with Gasteiger partial charge in [0, 0.05) is 43.8 Å². The number of imidazole rings is 1. The van der Waals surface area contributed by atoms with Gasteiger partial charge in [0.25, 0.3) is 0 Å². The standard InChI is InChI=1S/C15H21N5O/c1-12-7-19-14(8-18-12)6-13-9-20(4-5-21-11-13)10-15-16-2-3-17-15/h2-3,7-8,13H,4-6,9-11H2,1H3,(H,16,17)/t13-/m1/s1. The van der Waals surface area contributed by atoms with E-state index in [1.54, 1.807) is 6.20 Å². The molecule has 1 saturated heterocycles. The molecule has 3 heterocycles. The molecule has 0 spiro atoms. The summed E-state index contributed by atoms with van der Waals surface area (Å²) in [4.78, 5) is 18.6. The molecule has 0 amide bonds. The molecule has 0 radical (unpaired) electrons. The molecule has 0 bridgehead atoms. The molecule has 1 atom stereocenters. The first kappa shape index (κ1) is 14.2. The van der Waals surface area contributed by atoms with Gasteiger partial charge in [0.2, 0.25) is 0 Å². The normalized spacial score (nSPS) is 20.3. The molecule has 0 aromatic carbocycles. The van der Waals surface area contributed by atoms with Crippen LogP contribution in [0.25, 0.3) is 0 Å². The van der Waals surface area contributed by atoms with Crippen molar-refractivity contribution in [2.24, 2.45) is 5.92 Å². The zero-order chi connectivity index (χ0) is 14.5. The van der Waals surface area contributed by atoms with Gasteiger partial charge in [0.15, 0.2) is 0 Å². The molecular formula is C15H21N5O. The second-order valence-electron chi connectivity index (χ2n) is 5.57. The second-order valence-corrected chi connectivity index (χ2v) is 5.57. The molecule has 1 N–H and O–H groups in total. The largest absolute Gasteiger partial charge is 0.380 e. The van der Waals surface area contributed by atoms with E-state index in [4.69, 9.17) is 4.74 Å². The number of nitrogens with zero attached hydrogens (tertiary/aromatic N) is 4. The molecule has 0 aliphatic carbocycles. The monoisotopic (exact) mass is 287 g/mol. The molecule has 1 fully saturated rings. The maximum Gasteiger partial charge on any atom is 0.120 e. The first-order valence-corrected chi connectivity index (χ1v) is 7.35. The van der Waals surface area contributed by atoms with Crippen LogP contribution in [0.15, 0.2) is 24.8 Å². The number of hydrogen-bond donors (Lipinski definition) is 1. The molecule has 6 heteroatoms. The van der Waals surface area contributed by atoms with Crippen molar-refractivity contribution in [3.05, 3.63) is 42.0 Å². The number of ether oxygens (including phenoxy) is 1. The van der Waals surface area contributed by atoms with Crippen molar-refractivity contribution in [1.82, 2.24) is 24.8 Å². The highest BCUT2D eigenvalue weighted by molar-refractivity contribution is 5.02. The summed E-state index contributed by atoms with van der Waals surface area (Å²) in [5.74, 6) is 1.45. The van der Waals surface area contributed by atoms with Crippen LogP contribution in [-0.4, -0.2) is 51.1 Å². The first-order chi connectivity index (χ1) is 10.3. The van der Waals surface area contributed by atoms with Gasteiger partial charge >= 0.3 is 0 Å². The minimum absolute atomic E-state index is 0.444. The van der Waals surface area contributed by atoms with Crippen molar-refractivity contribution in [3.63, 3.8) is 0 Å². The minimum atomic E-state index is 0.444. The Bertz CT molecular complexity index is 540. The predicted octanol–water partition coefficient (Wildman–Crippen LogP) is 1.20. The van der Waals surface area contributed by atoms with Crippen LogP contribution in [0.1, 0.15) is 17.2 Å². The number of rotatable bonds is 4. The van der Waals surface area contributed by atoms with E-state index in [2.05, 4.69) is 24.8 Å². The zero-order valence-electron chi connectivity index (χ0n) is 12.3. The highest BCUT2D eigenvalue weighted by Crippen LogP contribution is 2.13. The van der Waals surface area contributed by atoms with Gasteiger partial charge in [-0.15, -0.1) is 0 Å². The van der Waals surface area contributed by atoms with Gasteiger partial charge in [0.1, 0.15) is 5.82 Å². The van der Waals surface area contributed by atoms with E-state index in [0.717, 1.165) is 56.5 Å². The van der Waals surface area contributed by atoms with E-state index in [-0.39, 0.29) is 0 Å². The van der Waals surface area contributed by atoms with Gasteiger partial charge in [-0.1, -0.05) is 0 Å². The van der Waals surface area contributed by atoms with Gasteiger partial charge in [-0.25, -0.2) is 4.98 Å². The number of aryl methyl sites for hydroxylation is 1. The predicted molar refractivity (Wildman–Crippen MR) is 78.6 cm³/mol. The Morgan fingerprint density at radius 3 is 3.05 bits per heavy atom. The molecule has 21 heavy (non-hydrogen) atoms. The number of aromatic nitrogens is 4. The van der Waals surface area contributed by atoms with Crippen molar-refractivity contribution in [3.8, 4) is 0 Å². The van der Waals surface area contributed by atoms with Gasteiger partial charge in [-0.3, -0.25) is 14.9 Å². The number of nitrogens with one attached hydrogen (secondary N) is 1. The maximum absolute atomic E-state index is 5.73. The highest BCUT2D eigenvalue weighted by atomic mass is 16.5. The Labute approximate surface area is 124 Å². The van der Waals surface area contributed by atoms with E-state index >= 15 is 0 Å². The van der Waals surface area contributed by atoms with Crippen molar-refractivity contribution in [2.45, 2.75) is 19.9 Å². The van der Waals surface area contributed by atoms with Crippen LogP contribution in [0.3, 0.4) is 0 Å². The quantitative estimate of drug-likeness (QED) is 0.915. The molecular weight excluding hydrogens is 266 g/mol. The molecule has 1 aliphatic heterocycles. The summed E-state index contributed by atoms with van der Waals surface area (Å²) in [6, 6.07) is 0. The van der Waals surface area contributed by atoms with Crippen molar-refractivity contribution in [2.75, 3.05) is 26.3 Å². The van der Waals surface area contributed by atoms with Crippen LogP contribution in [0, 0.1) is 12.8 Å². The number of H-pyrrole nitrogens is 1. The van der Waals surface area contributed by atoms with E-state index in [0.29, 0.717) is 5.92 Å². The smallest absolute Gasteiger partial charge is 0.120 e. The Balaban J connectivity index is 1.60. The summed E-state index contributed by atoms with van der Waals surface area (Å²) >= 11 is 0. The average molecular weight is 287 g/mol. The van der Waals surface area contributed by atoms with Crippen LogP contribution in [0.2, 0.25) is 0 Å². The number of aromatic amines is 1. The molecule has 2 aromatic heterocycles. The molecule has 112 valence electrons. The van der Waals surface area contributed by atoms with Crippen LogP contribution in [0.5, 0.6) is 0 Å². The van der Waals surface area contributed by atoms with Crippen LogP contribution >= 0.6 is 0 Å². The molecule has 0 saturated carbocycles. The molecule has 2 aromatic rings. The fourth-order valence-corrected chi connectivity index (χ4v) is 2.64. The third-order valence-electron chi connectivity index (χ3n) is 3.68. The van der Waals surface area contributed by atoms with E-state index in [1.807, 2.05) is 25.5 Å². The van der Waals surface area contributed by atoms with Crippen molar-refractivity contribution < 1.29 is 4.74 Å². The Kier molecular flexibility index (Phi) is 4.57. The molecule has 6 nitrogen and oxygen atoms in total. The lowest BCUT2D eigenvalue weighted by molar-refractivity contribution is 0.121. The molecule has 0 unspecified atom stereocenters.